The first-order valence-corrected chi connectivity index (χ1v) is 9.37. The fourth-order valence-corrected chi connectivity index (χ4v) is 3.45. The molecule has 2 aromatic rings. The Labute approximate surface area is 155 Å². The van der Waals surface area contributed by atoms with E-state index in [-0.39, 0.29) is 16.3 Å². The molecule has 0 spiro atoms. The number of carbonyl (C=O) groups is 1. The van der Waals surface area contributed by atoms with Gasteiger partial charge in [0.05, 0.1) is 17.1 Å². The molecule has 1 aliphatic rings. The van der Waals surface area contributed by atoms with E-state index >= 15 is 0 Å². The fraction of sp³-hybridized carbons (Fsp3) is 0.118. The van der Waals surface area contributed by atoms with Crippen LogP contribution in [0.15, 0.2) is 57.6 Å². The van der Waals surface area contributed by atoms with Crippen LogP contribution in [0.5, 0.6) is 0 Å². The summed E-state index contributed by atoms with van der Waals surface area (Å²) in [6.07, 6.45) is 0. The first kappa shape index (κ1) is 18.5. The van der Waals surface area contributed by atoms with E-state index < -0.39 is 15.9 Å². The fourth-order valence-electron chi connectivity index (χ4n) is 2.57. The molecule has 0 unspecified atom stereocenters. The third-order valence-electron chi connectivity index (χ3n) is 4.04. The molecule has 0 saturated heterocycles. The zero-order valence-corrected chi connectivity index (χ0v) is 15.3. The summed E-state index contributed by atoms with van der Waals surface area (Å²) in [7, 11) is -2.39. The van der Waals surface area contributed by atoms with Crippen molar-refractivity contribution in [3.8, 4) is 0 Å². The van der Waals surface area contributed by atoms with Crippen LogP contribution in [0.1, 0.15) is 18.1 Å². The zero-order valence-electron chi connectivity index (χ0n) is 14.5. The van der Waals surface area contributed by atoms with Gasteiger partial charge in [0.2, 0.25) is 10.0 Å². The van der Waals surface area contributed by atoms with E-state index in [1.54, 1.807) is 43.3 Å². The topological polar surface area (TPSA) is 132 Å². The molecule has 0 aromatic heterocycles. The van der Waals surface area contributed by atoms with Gasteiger partial charge in [-0.3, -0.25) is 10.2 Å². The van der Waals surface area contributed by atoms with E-state index in [0.717, 1.165) is 0 Å². The second kappa shape index (κ2) is 7.17. The highest BCUT2D eigenvalue weighted by molar-refractivity contribution is 7.89. The van der Waals surface area contributed by atoms with Crippen LogP contribution in [0.25, 0.3) is 0 Å². The Balaban J connectivity index is 2.01. The number of nitrogens with zero attached hydrogens (tertiary/aromatic N) is 2. The summed E-state index contributed by atoms with van der Waals surface area (Å²) in [5, 5.41) is 18.9. The summed E-state index contributed by atoms with van der Waals surface area (Å²) >= 11 is 0. The second-order valence-corrected chi connectivity index (χ2v) is 7.53. The van der Waals surface area contributed by atoms with Gasteiger partial charge in [0.25, 0.3) is 5.91 Å². The zero-order chi connectivity index (χ0) is 19.6. The molecular weight excluding hydrogens is 370 g/mol. The highest BCUT2D eigenvalue weighted by atomic mass is 32.2. The highest BCUT2D eigenvalue weighted by Gasteiger charge is 2.27. The molecule has 3 rings (SSSR count). The molecule has 0 bridgehead atoms. The number of hydrogen-bond acceptors (Lipinski definition) is 7. The summed E-state index contributed by atoms with van der Waals surface area (Å²) in [4.78, 5) is 12.3. The third-order valence-corrected chi connectivity index (χ3v) is 5.51. The summed E-state index contributed by atoms with van der Waals surface area (Å²) in [5.74, 6) is -0.429. The minimum atomic E-state index is -3.70. The van der Waals surface area contributed by atoms with Crippen molar-refractivity contribution in [3.63, 3.8) is 0 Å². The van der Waals surface area contributed by atoms with Crippen molar-refractivity contribution < 1.29 is 18.4 Å². The van der Waals surface area contributed by atoms with E-state index in [1.165, 1.54) is 13.1 Å². The van der Waals surface area contributed by atoms with Crippen molar-refractivity contribution in [2.24, 2.45) is 10.3 Å². The molecule has 2 aromatic carbocycles. The molecule has 4 N–H and O–H groups in total. The number of hydrogen-bond donors (Lipinski definition) is 4. The third kappa shape index (κ3) is 3.52. The molecule has 9 nitrogen and oxygen atoms in total. The van der Waals surface area contributed by atoms with E-state index in [4.69, 9.17) is 5.21 Å². The maximum Gasteiger partial charge on any atom is 0.276 e. The van der Waals surface area contributed by atoms with Crippen molar-refractivity contribution in [2.45, 2.75) is 11.8 Å². The summed E-state index contributed by atoms with van der Waals surface area (Å²) in [6, 6.07) is 11.3. The molecule has 0 aliphatic carbocycles. The number of fused-ring (bicyclic) bond motifs is 1. The summed E-state index contributed by atoms with van der Waals surface area (Å²) < 4.78 is 26.5. The Bertz CT molecular complexity index is 1080. The van der Waals surface area contributed by atoms with E-state index in [2.05, 4.69) is 25.7 Å². The molecule has 0 saturated carbocycles. The Morgan fingerprint density at radius 1 is 1.19 bits per heavy atom. The van der Waals surface area contributed by atoms with Gasteiger partial charge in [0, 0.05) is 5.56 Å². The second-order valence-electron chi connectivity index (χ2n) is 5.68. The van der Waals surface area contributed by atoms with Crippen LogP contribution in [0.3, 0.4) is 0 Å². The summed E-state index contributed by atoms with van der Waals surface area (Å²) in [6.45, 7) is 1.62. The van der Waals surface area contributed by atoms with Crippen molar-refractivity contribution >= 4 is 38.7 Å². The lowest BCUT2D eigenvalue weighted by Gasteiger charge is -2.09. The number of anilines is 2. The molecule has 10 heteroatoms. The first-order chi connectivity index (χ1) is 12.9. The standard InChI is InChI=1S/C17H17N5O4S/c1-10(22-24)11-7-8-13-12(9-11)16(17(23)19-13)21-20-14-5-3-4-6-15(14)27(25,26)18-2/h3-9,18,20,24H,1-2H3,(H,19,21,23). The Hall–Kier alpha value is -3.24. The van der Waals surface area contributed by atoms with E-state index in [9.17, 15) is 13.2 Å². The van der Waals surface area contributed by atoms with Crippen LogP contribution in [0.2, 0.25) is 0 Å². The monoisotopic (exact) mass is 387 g/mol. The molecule has 0 fully saturated rings. The van der Waals surface area contributed by atoms with Gasteiger partial charge in [-0.25, -0.2) is 13.1 Å². The number of carbonyl (C=O) groups excluding carboxylic acids is 1. The normalized spacial score (nSPS) is 15.6. The molecule has 1 amide bonds. The van der Waals surface area contributed by atoms with Gasteiger partial charge < -0.3 is 10.5 Å². The van der Waals surface area contributed by atoms with Crippen LogP contribution in [0.4, 0.5) is 11.4 Å². The Morgan fingerprint density at radius 2 is 1.93 bits per heavy atom. The molecular formula is C17H17N5O4S. The first-order valence-electron chi connectivity index (χ1n) is 7.88. The number of sulfonamides is 1. The van der Waals surface area contributed by atoms with Gasteiger partial charge in [-0.2, -0.15) is 5.10 Å². The van der Waals surface area contributed by atoms with Crippen LogP contribution in [-0.2, 0) is 14.8 Å². The SMILES string of the molecule is CNS(=O)(=O)c1ccccc1NN=C1C(=O)Nc2ccc(C(C)=NO)cc21. The molecule has 1 aliphatic heterocycles. The quantitative estimate of drug-likeness (QED) is 0.351. The summed E-state index contributed by atoms with van der Waals surface area (Å²) in [5.41, 5.74) is 5.06. The lowest BCUT2D eigenvalue weighted by molar-refractivity contribution is -0.110. The predicted molar refractivity (Wildman–Crippen MR) is 102 cm³/mol. The van der Waals surface area contributed by atoms with E-state index in [1.807, 2.05) is 0 Å². The van der Waals surface area contributed by atoms with Crippen LogP contribution >= 0.6 is 0 Å². The number of para-hydroxylation sites is 1. The largest absolute Gasteiger partial charge is 0.411 e. The molecule has 27 heavy (non-hydrogen) atoms. The van der Waals surface area contributed by atoms with Crippen molar-refractivity contribution in [1.29, 1.82) is 0 Å². The minimum Gasteiger partial charge on any atom is -0.411 e. The number of hydrazone groups is 1. The van der Waals surface area contributed by atoms with Gasteiger partial charge in [0.15, 0.2) is 5.71 Å². The minimum absolute atomic E-state index is 0.00693. The highest BCUT2D eigenvalue weighted by Crippen LogP contribution is 2.26. The van der Waals surface area contributed by atoms with Gasteiger partial charge in [-0.1, -0.05) is 23.4 Å². The number of rotatable bonds is 5. The van der Waals surface area contributed by atoms with Gasteiger partial charge in [-0.15, -0.1) is 0 Å². The van der Waals surface area contributed by atoms with Crippen LogP contribution < -0.4 is 15.5 Å². The van der Waals surface area contributed by atoms with E-state index in [0.29, 0.717) is 22.5 Å². The number of amides is 1. The molecule has 0 radical (unpaired) electrons. The molecule has 140 valence electrons. The maximum absolute atomic E-state index is 12.2. The van der Waals surface area contributed by atoms with Gasteiger partial charge in [0.1, 0.15) is 4.90 Å². The maximum atomic E-state index is 12.2. The van der Waals surface area contributed by atoms with Gasteiger partial charge in [-0.05, 0) is 43.8 Å². The van der Waals surface area contributed by atoms with Crippen LogP contribution in [0, 0.1) is 0 Å². The smallest absolute Gasteiger partial charge is 0.276 e. The Kier molecular flexibility index (Phi) is 4.93. The van der Waals surface area contributed by atoms with Gasteiger partial charge >= 0.3 is 0 Å². The molecule has 0 atom stereocenters. The Morgan fingerprint density at radius 3 is 2.63 bits per heavy atom. The number of oxime groups is 1. The van der Waals surface area contributed by atoms with Crippen molar-refractivity contribution in [1.82, 2.24) is 4.72 Å². The van der Waals surface area contributed by atoms with Crippen molar-refractivity contribution in [3.05, 3.63) is 53.6 Å². The lowest BCUT2D eigenvalue weighted by atomic mass is 10.0. The molecule has 1 heterocycles. The van der Waals surface area contributed by atoms with Crippen molar-refractivity contribution in [2.75, 3.05) is 17.8 Å². The average Bonchev–Trinajstić information content (AvgIpc) is 3.00. The van der Waals surface area contributed by atoms with Crippen LogP contribution in [-0.4, -0.2) is 38.0 Å². The lowest BCUT2D eigenvalue weighted by Crippen LogP contribution is -2.20. The predicted octanol–water partition coefficient (Wildman–Crippen LogP) is 1.56. The average molecular weight is 387 g/mol. The number of nitrogens with one attached hydrogen (secondary N) is 3. The number of benzene rings is 2.